The highest BCUT2D eigenvalue weighted by Gasteiger charge is 2.55. The van der Waals surface area contributed by atoms with Crippen molar-refractivity contribution in [1.82, 2.24) is 4.90 Å². The molecule has 1 spiro atoms. The molecule has 2 aliphatic rings. The van der Waals surface area contributed by atoms with Crippen LogP contribution in [0.15, 0.2) is 18.2 Å². The zero-order valence-electron chi connectivity index (χ0n) is 14.5. The van der Waals surface area contributed by atoms with E-state index >= 15 is 0 Å². The van der Waals surface area contributed by atoms with Crippen molar-refractivity contribution in [3.8, 4) is 5.75 Å². The molecule has 23 heavy (non-hydrogen) atoms. The fraction of sp³-hybridized carbons (Fsp3) is 0.556. The summed E-state index contributed by atoms with van der Waals surface area (Å²) >= 11 is 0. The van der Waals surface area contributed by atoms with Gasteiger partial charge in [0.2, 0.25) is 11.8 Å². The normalized spacial score (nSPS) is 23.6. The molecule has 2 heterocycles. The molecule has 2 amide bonds. The van der Waals surface area contributed by atoms with Crippen LogP contribution < -0.4 is 9.64 Å². The fourth-order valence-electron chi connectivity index (χ4n) is 3.72. The Bertz CT molecular complexity index is 677. The number of fused-ring (bicyclic) bond motifs is 2. The molecule has 0 aromatic heterocycles. The van der Waals surface area contributed by atoms with Crippen molar-refractivity contribution in [2.45, 2.75) is 32.6 Å². The Morgan fingerprint density at radius 3 is 2.61 bits per heavy atom. The van der Waals surface area contributed by atoms with Crippen LogP contribution in [0.25, 0.3) is 0 Å². The van der Waals surface area contributed by atoms with Crippen LogP contribution in [0.2, 0.25) is 0 Å². The van der Waals surface area contributed by atoms with Gasteiger partial charge in [0.25, 0.3) is 0 Å². The maximum absolute atomic E-state index is 13.0. The molecule has 0 N–H and O–H groups in total. The summed E-state index contributed by atoms with van der Waals surface area (Å²) in [5, 5.41) is 0. The lowest BCUT2D eigenvalue weighted by Crippen LogP contribution is -2.44. The zero-order valence-corrected chi connectivity index (χ0v) is 14.5. The molecule has 5 heteroatoms. The van der Waals surface area contributed by atoms with Crippen LogP contribution in [-0.4, -0.2) is 44.0 Å². The van der Waals surface area contributed by atoms with Gasteiger partial charge in [-0.15, -0.1) is 0 Å². The third-order valence-electron chi connectivity index (χ3n) is 4.99. The van der Waals surface area contributed by atoms with Crippen molar-refractivity contribution >= 4 is 17.5 Å². The van der Waals surface area contributed by atoms with E-state index in [1.807, 2.05) is 43.9 Å². The summed E-state index contributed by atoms with van der Waals surface area (Å²) in [5.74, 6) is 0.915. The number of nitrogens with zero attached hydrogens (tertiary/aromatic N) is 2. The number of likely N-dealkylation sites (tertiary alicyclic amines) is 1. The predicted molar refractivity (Wildman–Crippen MR) is 88.7 cm³/mol. The number of carbonyl (C=O) groups excluding carboxylic acids is 2. The minimum Gasteiger partial charge on any atom is -0.497 e. The fourth-order valence-corrected chi connectivity index (χ4v) is 3.72. The first-order chi connectivity index (χ1) is 10.7. The number of hydrogen-bond donors (Lipinski definition) is 0. The minimum atomic E-state index is -0.625. The molecule has 0 bridgehead atoms. The van der Waals surface area contributed by atoms with E-state index in [0.717, 1.165) is 17.0 Å². The molecule has 1 atom stereocenters. The first-order valence-corrected chi connectivity index (χ1v) is 7.97. The second-order valence-corrected chi connectivity index (χ2v) is 7.56. The molecule has 0 unspecified atom stereocenters. The lowest BCUT2D eigenvalue weighted by molar-refractivity contribution is -0.138. The van der Waals surface area contributed by atoms with E-state index in [1.165, 1.54) is 0 Å². The number of hydrogen-bond acceptors (Lipinski definition) is 3. The van der Waals surface area contributed by atoms with Gasteiger partial charge in [-0.3, -0.25) is 9.59 Å². The number of ether oxygens (including phenoxy) is 1. The first-order valence-electron chi connectivity index (χ1n) is 7.97. The van der Waals surface area contributed by atoms with Gasteiger partial charge in [0.1, 0.15) is 5.75 Å². The maximum Gasteiger partial charge on any atom is 0.239 e. The standard InChI is InChI=1S/C18H24N2O3/c1-17(2,3)15(21)20-9-8-18(11-20)13-10-12(23-5)6-7-14(13)19(4)16(18)22/h6-7,10H,8-9,11H2,1-5H3/t18-/m1/s1. The molecular weight excluding hydrogens is 292 g/mol. The smallest absolute Gasteiger partial charge is 0.239 e. The highest BCUT2D eigenvalue weighted by Crippen LogP contribution is 2.48. The Morgan fingerprint density at radius 1 is 1.30 bits per heavy atom. The second kappa shape index (κ2) is 4.98. The Hall–Kier alpha value is -2.04. The number of likely N-dealkylation sites (N-methyl/N-ethyl adjacent to an activating group) is 1. The van der Waals surface area contributed by atoms with Gasteiger partial charge in [0.05, 0.1) is 12.5 Å². The van der Waals surface area contributed by atoms with Gasteiger partial charge < -0.3 is 14.5 Å². The monoisotopic (exact) mass is 316 g/mol. The average Bonchev–Trinajstić information content (AvgIpc) is 3.04. The molecule has 5 nitrogen and oxygen atoms in total. The van der Waals surface area contributed by atoms with E-state index in [2.05, 4.69) is 0 Å². The molecule has 1 aromatic carbocycles. The largest absolute Gasteiger partial charge is 0.497 e. The van der Waals surface area contributed by atoms with Crippen LogP contribution in [0.4, 0.5) is 5.69 Å². The second-order valence-electron chi connectivity index (χ2n) is 7.56. The van der Waals surface area contributed by atoms with Gasteiger partial charge >= 0.3 is 0 Å². The van der Waals surface area contributed by atoms with Crippen molar-refractivity contribution < 1.29 is 14.3 Å². The van der Waals surface area contributed by atoms with Crippen molar-refractivity contribution in [3.63, 3.8) is 0 Å². The van der Waals surface area contributed by atoms with Crippen LogP contribution in [0, 0.1) is 5.41 Å². The van der Waals surface area contributed by atoms with Crippen molar-refractivity contribution in [3.05, 3.63) is 23.8 Å². The van der Waals surface area contributed by atoms with Gasteiger partial charge in [0.15, 0.2) is 0 Å². The van der Waals surface area contributed by atoms with E-state index in [1.54, 1.807) is 19.1 Å². The third kappa shape index (κ3) is 2.21. The molecule has 0 aliphatic carbocycles. The van der Waals surface area contributed by atoms with Crippen LogP contribution in [-0.2, 0) is 15.0 Å². The van der Waals surface area contributed by atoms with Gasteiger partial charge in [-0.25, -0.2) is 0 Å². The summed E-state index contributed by atoms with van der Waals surface area (Å²) in [6.07, 6.45) is 0.665. The molecule has 0 saturated carbocycles. The summed E-state index contributed by atoms with van der Waals surface area (Å²) < 4.78 is 5.33. The first kappa shape index (κ1) is 15.8. The predicted octanol–water partition coefficient (Wildman–Crippen LogP) is 2.19. The molecule has 2 aliphatic heterocycles. The summed E-state index contributed by atoms with van der Waals surface area (Å²) in [4.78, 5) is 29.1. The van der Waals surface area contributed by atoms with E-state index in [-0.39, 0.29) is 11.8 Å². The summed E-state index contributed by atoms with van der Waals surface area (Å²) in [5.41, 5.74) is 0.838. The molecule has 1 aromatic rings. The number of rotatable bonds is 1. The highest BCUT2D eigenvalue weighted by atomic mass is 16.5. The van der Waals surface area contributed by atoms with Crippen molar-refractivity contribution in [2.24, 2.45) is 5.41 Å². The average molecular weight is 316 g/mol. The maximum atomic E-state index is 13.0. The molecule has 1 fully saturated rings. The Labute approximate surface area is 137 Å². The van der Waals surface area contributed by atoms with Crippen LogP contribution >= 0.6 is 0 Å². The van der Waals surface area contributed by atoms with E-state index in [9.17, 15) is 9.59 Å². The van der Waals surface area contributed by atoms with E-state index in [4.69, 9.17) is 4.74 Å². The number of methoxy groups -OCH3 is 1. The van der Waals surface area contributed by atoms with Gasteiger partial charge in [-0.2, -0.15) is 0 Å². The zero-order chi connectivity index (χ0) is 17.0. The number of benzene rings is 1. The topological polar surface area (TPSA) is 49.9 Å². The van der Waals surface area contributed by atoms with Gasteiger partial charge in [-0.1, -0.05) is 20.8 Å². The number of carbonyl (C=O) groups is 2. The van der Waals surface area contributed by atoms with Gasteiger partial charge in [0, 0.05) is 31.2 Å². The van der Waals surface area contributed by atoms with Crippen molar-refractivity contribution in [1.29, 1.82) is 0 Å². The number of amides is 2. The van der Waals surface area contributed by atoms with Crippen LogP contribution in [0.3, 0.4) is 0 Å². The van der Waals surface area contributed by atoms with Crippen LogP contribution in [0.1, 0.15) is 32.8 Å². The molecule has 1 saturated heterocycles. The SMILES string of the molecule is COc1ccc2c(c1)[C@]1(CCN(C(=O)C(C)(C)C)C1)C(=O)N2C. The summed E-state index contributed by atoms with van der Waals surface area (Å²) in [6, 6.07) is 5.74. The van der Waals surface area contributed by atoms with E-state index < -0.39 is 10.8 Å². The quantitative estimate of drug-likeness (QED) is 0.798. The van der Waals surface area contributed by atoms with Crippen LogP contribution in [0.5, 0.6) is 5.75 Å². The molecule has 3 rings (SSSR count). The minimum absolute atomic E-state index is 0.0740. The molecule has 0 radical (unpaired) electrons. The van der Waals surface area contributed by atoms with Crippen molar-refractivity contribution in [2.75, 3.05) is 32.1 Å². The molecule has 124 valence electrons. The Balaban J connectivity index is 2.01. The van der Waals surface area contributed by atoms with E-state index in [0.29, 0.717) is 19.5 Å². The number of anilines is 1. The summed E-state index contributed by atoms with van der Waals surface area (Å²) in [6.45, 7) is 6.82. The lowest BCUT2D eigenvalue weighted by atomic mass is 9.80. The Kier molecular flexibility index (Phi) is 3.43. The summed E-state index contributed by atoms with van der Waals surface area (Å²) in [7, 11) is 3.43. The third-order valence-corrected chi connectivity index (χ3v) is 4.99. The lowest BCUT2D eigenvalue weighted by Gasteiger charge is -2.28. The molecular formula is C18H24N2O3. The van der Waals surface area contributed by atoms with Gasteiger partial charge in [-0.05, 0) is 30.2 Å². The Morgan fingerprint density at radius 2 is 2.00 bits per heavy atom. The highest BCUT2D eigenvalue weighted by molar-refractivity contribution is 6.08.